The zero-order valence-electron chi connectivity index (χ0n) is 18.3. The number of aromatic nitrogens is 1. The van der Waals surface area contributed by atoms with Crippen molar-refractivity contribution in [1.29, 1.82) is 5.26 Å². The van der Waals surface area contributed by atoms with E-state index in [0.717, 1.165) is 16.8 Å². The van der Waals surface area contributed by atoms with Gasteiger partial charge in [0.2, 0.25) is 0 Å². The molecule has 4 N–H and O–H groups in total. The van der Waals surface area contributed by atoms with E-state index >= 15 is 0 Å². The van der Waals surface area contributed by atoms with E-state index in [1.54, 1.807) is 68.6 Å². The first-order chi connectivity index (χ1) is 15.2. The normalized spacial score (nSPS) is 10.8. The number of anilines is 2. The van der Waals surface area contributed by atoms with Crippen molar-refractivity contribution in [3.8, 4) is 6.07 Å². The molecule has 0 atom stereocenters. The predicted molar refractivity (Wildman–Crippen MR) is 124 cm³/mol. The van der Waals surface area contributed by atoms with Gasteiger partial charge < -0.3 is 16.4 Å². The van der Waals surface area contributed by atoms with Crippen LogP contribution >= 0.6 is 0 Å². The summed E-state index contributed by atoms with van der Waals surface area (Å²) in [5.41, 5.74) is 9.01. The van der Waals surface area contributed by atoms with Crippen LogP contribution in [-0.4, -0.2) is 16.8 Å². The standard InChI is InChI=1S/C25H25N5O2/c1-16-7-8-19(12-22(16)24(32)30-21-10-9-20(13-26)28-14-21)29-23(31)17-5-4-6-18(11-17)25(2,3)15-27/h4-12,14H,13,26H2,1-3H3,(H,29,31)(H,30,32). The minimum atomic E-state index is -0.706. The number of carbonyl (C=O) groups is 2. The SMILES string of the molecule is Cc1ccc(NC(=O)c2cccc(C(C)(C)C#N)c2)cc1C(=O)Nc1ccc(CN)nc1. The van der Waals surface area contributed by atoms with E-state index in [4.69, 9.17) is 5.73 Å². The Morgan fingerprint density at radius 3 is 2.41 bits per heavy atom. The van der Waals surface area contributed by atoms with Crippen molar-refractivity contribution >= 4 is 23.2 Å². The van der Waals surface area contributed by atoms with E-state index in [2.05, 4.69) is 21.7 Å². The Kier molecular flexibility index (Phi) is 6.67. The number of rotatable bonds is 6. The van der Waals surface area contributed by atoms with Crippen molar-refractivity contribution in [2.75, 3.05) is 10.6 Å². The fourth-order valence-electron chi connectivity index (χ4n) is 3.08. The van der Waals surface area contributed by atoms with Crippen molar-refractivity contribution < 1.29 is 9.59 Å². The highest BCUT2D eigenvalue weighted by Crippen LogP contribution is 2.24. The lowest BCUT2D eigenvalue weighted by molar-refractivity contribution is 0.101. The zero-order chi connectivity index (χ0) is 23.3. The van der Waals surface area contributed by atoms with Crippen LogP contribution in [0.25, 0.3) is 0 Å². The van der Waals surface area contributed by atoms with E-state index < -0.39 is 5.41 Å². The number of carbonyl (C=O) groups excluding carboxylic acids is 2. The third-order valence-electron chi connectivity index (χ3n) is 5.16. The average Bonchev–Trinajstić information content (AvgIpc) is 2.80. The predicted octanol–water partition coefficient (Wildman–Crippen LogP) is 4.15. The zero-order valence-corrected chi connectivity index (χ0v) is 18.3. The molecule has 3 rings (SSSR count). The Balaban J connectivity index is 1.78. The highest BCUT2D eigenvalue weighted by atomic mass is 16.2. The van der Waals surface area contributed by atoms with Crippen molar-refractivity contribution in [2.45, 2.75) is 32.7 Å². The van der Waals surface area contributed by atoms with Crippen LogP contribution in [0.2, 0.25) is 0 Å². The highest BCUT2D eigenvalue weighted by Gasteiger charge is 2.21. The van der Waals surface area contributed by atoms with Gasteiger partial charge >= 0.3 is 0 Å². The molecule has 0 saturated heterocycles. The Labute approximate surface area is 187 Å². The van der Waals surface area contributed by atoms with E-state index in [0.29, 0.717) is 29.0 Å². The van der Waals surface area contributed by atoms with Crippen molar-refractivity contribution in [3.05, 3.63) is 88.7 Å². The number of nitriles is 1. The summed E-state index contributed by atoms with van der Waals surface area (Å²) in [5, 5.41) is 15.0. The first-order valence-electron chi connectivity index (χ1n) is 10.1. The van der Waals surface area contributed by atoms with Crippen LogP contribution in [0, 0.1) is 18.3 Å². The van der Waals surface area contributed by atoms with E-state index in [-0.39, 0.29) is 11.8 Å². The fraction of sp³-hybridized carbons (Fsp3) is 0.200. The number of nitrogens with two attached hydrogens (primary N) is 1. The lowest BCUT2D eigenvalue weighted by Gasteiger charge is -2.16. The second-order valence-corrected chi connectivity index (χ2v) is 8.00. The van der Waals surface area contributed by atoms with Crippen LogP contribution < -0.4 is 16.4 Å². The average molecular weight is 428 g/mol. The van der Waals surface area contributed by atoms with Crippen LogP contribution in [0.1, 0.15) is 51.4 Å². The summed E-state index contributed by atoms with van der Waals surface area (Å²) < 4.78 is 0. The van der Waals surface area contributed by atoms with Crippen LogP contribution in [0.4, 0.5) is 11.4 Å². The summed E-state index contributed by atoms with van der Waals surface area (Å²) in [4.78, 5) is 29.7. The number of aryl methyl sites for hydroxylation is 1. The Bertz CT molecular complexity index is 1190. The Morgan fingerprint density at radius 2 is 1.75 bits per heavy atom. The molecule has 0 aliphatic heterocycles. The Morgan fingerprint density at radius 1 is 1.03 bits per heavy atom. The number of nitrogens with zero attached hydrogens (tertiary/aromatic N) is 2. The van der Waals surface area contributed by atoms with Crippen LogP contribution in [0.3, 0.4) is 0 Å². The molecule has 0 radical (unpaired) electrons. The lowest BCUT2D eigenvalue weighted by atomic mass is 9.85. The first-order valence-corrected chi connectivity index (χ1v) is 10.1. The summed E-state index contributed by atoms with van der Waals surface area (Å²) in [6, 6.07) is 17.8. The molecule has 7 heteroatoms. The van der Waals surface area contributed by atoms with Gasteiger partial charge in [-0.3, -0.25) is 14.6 Å². The second kappa shape index (κ2) is 9.41. The van der Waals surface area contributed by atoms with Gasteiger partial charge in [-0.25, -0.2) is 0 Å². The number of benzene rings is 2. The first kappa shape index (κ1) is 22.7. The topological polar surface area (TPSA) is 121 Å². The van der Waals surface area contributed by atoms with Gasteiger partial charge in [0.15, 0.2) is 0 Å². The molecule has 2 aromatic carbocycles. The maximum atomic E-state index is 12.8. The molecule has 7 nitrogen and oxygen atoms in total. The number of hydrogen-bond donors (Lipinski definition) is 3. The Hall–Kier alpha value is -4.02. The molecule has 0 unspecified atom stereocenters. The third-order valence-corrected chi connectivity index (χ3v) is 5.16. The van der Waals surface area contributed by atoms with Gasteiger partial charge in [-0.2, -0.15) is 5.26 Å². The smallest absolute Gasteiger partial charge is 0.256 e. The maximum Gasteiger partial charge on any atom is 0.256 e. The molecule has 2 amide bonds. The van der Waals surface area contributed by atoms with Gasteiger partial charge in [-0.1, -0.05) is 18.2 Å². The second-order valence-electron chi connectivity index (χ2n) is 8.00. The summed E-state index contributed by atoms with van der Waals surface area (Å²) in [6.45, 7) is 5.75. The lowest BCUT2D eigenvalue weighted by Crippen LogP contribution is -2.18. The number of nitrogens with one attached hydrogen (secondary N) is 2. The highest BCUT2D eigenvalue weighted by molar-refractivity contribution is 6.08. The summed E-state index contributed by atoms with van der Waals surface area (Å²) in [7, 11) is 0. The van der Waals surface area contributed by atoms with Gasteiger partial charge in [0.25, 0.3) is 11.8 Å². The van der Waals surface area contributed by atoms with Crippen molar-refractivity contribution in [1.82, 2.24) is 4.98 Å². The summed E-state index contributed by atoms with van der Waals surface area (Å²) in [5.74, 6) is -0.629. The largest absolute Gasteiger partial charge is 0.325 e. The fourth-order valence-corrected chi connectivity index (χ4v) is 3.08. The van der Waals surface area contributed by atoms with Gasteiger partial charge in [0.1, 0.15) is 0 Å². The molecule has 0 saturated carbocycles. The molecule has 0 aliphatic rings. The number of pyridine rings is 1. The van der Waals surface area contributed by atoms with Gasteiger partial charge in [0, 0.05) is 23.4 Å². The van der Waals surface area contributed by atoms with E-state index in [1.807, 2.05) is 13.0 Å². The van der Waals surface area contributed by atoms with Crippen molar-refractivity contribution in [3.63, 3.8) is 0 Å². The molecule has 0 aliphatic carbocycles. The molecular weight excluding hydrogens is 402 g/mol. The molecule has 0 bridgehead atoms. The van der Waals surface area contributed by atoms with Crippen LogP contribution in [0.5, 0.6) is 0 Å². The molecule has 1 heterocycles. The van der Waals surface area contributed by atoms with Gasteiger partial charge in [-0.15, -0.1) is 0 Å². The monoisotopic (exact) mass is 427 g/mol. The summed E-state index contributed by atoms with van der Waals surface area (Å²) in [6.07, 6.45) is 1.55. The minimum absolute atomic E-state index is 0.307. The quantitative estimate of drug-likeness (QED) is 0.545. The molecular formula is C25H25N5O2. The minimum Gasteiger partial charge on any atom is -0.325 e. The molecule has 162 valence electrons. The van der Waals surface area contributed by atoms with Crippen LogP contribution in [0.15, 0.2) is 60.8 Å². The van der Waals surface area contributed by atoms with Crippen molar-refractivity contribution in [2.24, 2.45) is 5.73 Å². The molecule has 3 aromatic rings. The van der Waals surface area contributed by atoms with Gasteiger partial charge in [0.05, 0.1) is 29.1 Å². The van der Waals surface area contributed by atoms with Crippen LogP contribution in [-0.2, 0) is 12.0 Å². The van der Waals surface area contributed by atoms with E-state index in [1.165, 1.54) is 0 Å². The number of amides is 2. The summed E-state index contributed by atoms with van der Waals surface area (Å²) >= 11 is 0. The number of hydrogen-bond acceptors (Lipinski definition) is 5. The molecule has 0 fully saturated rings. The van der Waals surface area contributed by atoms with Gasteiger partial charge in [-0.05, 0) is 68.3 Å². The maximum absolute atomic E-state index is 12.8. The molecule has 32 heavy (non-hydrogen) atoms. The van der Waals surface area contributed by atoms with E-state index in [9.17, 15) is 14.9 Å². The molecule has 1 aromatic heterocycles. The molecule has 0 spiro atoms. The third kappa shape index (κ3) is 5.17.